The van der Waals surface area contributed by atoms with Crippen LogP contribution in [0.1, 0.15) is 18.1 Å². The predicted molar refractivity (Wildman–Crippen MR) is 85.0 cm³/mol. The van der Waals surface area contributed by atoms with E-state index in [2.05, 4.69) is 59.4 Å². The highest BCUT2D eigenvalue weighted by atomic mass is 15.1. The van der Waals surface area contributed by atoms with Crippen molar-refractivity contribution in [3.63, 3.8) is 0 Å². The van der Waals surface area contributed by atoms with Crippen molar-refractivity contribution in [1.29, 1.82) is 0 Å². The average molecular weight is 269 g/mol. The van der Waals surface area contributed by atoms with Gasteiger partial charge in [0.25, 0.3) is 0 Å². The SMILES string of the molecule is CCN(CCNCc1cccnc1)c1cccc(C)c1. The van der Waals surface area contributed by atoms with Gasteiger partial charge in [0, 0.05) is 44.3 Å². The van der Waals surface area contributed by atoms with E-state index in [1.807, 2.05) is 12.3 Å². The van der Waals surface area contributed by atoms with Crippen LogP contribution in [0.2, 0.25) is 0 Å². The number of aromatic nitrogens is 1. The number of anilines is 1. The smallest absolute Gasteiger partial charge is 0.0369 e. The van der Waals surface area contributed by atoms with Gasteiger partial charge in [0.1, 0.15) is 0 Å². The highest BCUT2D eigenvalue weighted by molar-refractivity contribution is 5.48. The fourth-order valence-electron chi connectivity index (χ4n) is 2.24. The third kappa shape index (κ3) is 4.35. The Balaban J connectivity index is 1.80. The molecule has 1 heterocycles. The highest BCUT2D eigenvalue weighted by Gasteiger charge is 2.03. The monoisotopic (exact) mass is 269 g/mol. The van der Waals surface area contributed by atoms with Gasteiger partial charge < -0.3 is 10.2 Å². The lowest BCUT2D eigenvalue weighted by Crippen LogP contribution is -2.31. The second kappa shape index (κ2) is 7.65. The van der Waals surface area contributed by atoms with E-state index in [-0.39, 0.29) is 0 Å². The van der Waals surface area contributed by atoms with E-state index < -0.39 is 0 Å². The summed E-state index contributed by atoms with van der Waals surface area (Å²) in [6.45, 7) is 8.22. The zero-order valence-corrected chi connectivity index (χ0v) is 12.3. The summed E-state index contributed by atoms with van der Waals surface area (Å²) >= 11 is 0. The number of hydrogen-bond acceptors (Lipinski definition) is 3. The number of rotatable bonds is 7. The van der Waals surface area contributed by atoms with Crippen LogP contribution in [-0.4, -0.2) is 24.6 Å². The minimum Gasteiger partial charge on any atom is -0.371 e. The fourth-order valence-corrected chi connectivity index (χ4v) is 2.24. The summed E-state index contributed by atoms with van der Waals surface area (Å²) in [5, 5.41) is 3.47. The van der Waals surface area contributed by atoms with E-state index in [1.165, 1.54) is 16.8 Å². The van der Waals surface area contributed by atoms with Gasteiger partial charge in [-0.05, 0) is 43.2 Å². The van der Waals surface area contributed by atoms with Crippen LogP contribution in [0, 0.1) is 6.92 Å². The lowest BCUT2D eigenvalue weighted by molar-refractivity contribution is 0.664. The molecule has 1 aromatic carbocycles. The molecule has 0 radical (unpaired) electrons. The Morgan fingerprint density at radius 2 is 2.10 bits per heavy atom. The lowest BCUT2D eigenvalue weighted by Gasteiger charge is -2.23. The van der Waals surface area contributed by atoms with Crippen LogP contribution in [-0.2, 0) is 6.54 Å². The Morgan fingerprint density at radius 3 is 2.80 bits per heavy atom. The molecule has 3 nitrogen and oxygen atoms in total. The molecular weight excluding hydrogens is 246 g/mol. The van der Waals surface area contributed by atoms with Crippen LogP contribution in [0.15, 0.2) is 48.8 Å². The molecule has 0 spiro atoms. The standard InChI is InChI=1S/C17H23N3/c1-3-20(17-8-4-6-15(2)12-17)11-10-19-14-16-7-5-9-18-13-16/h4-9,12-13,19H,3,10-11,14H2,1-2H3. The van der Waals surface area contributed by atoms with Crippen molar-refractivity contribution in [1.82, 2.24) is 10.3 Å². The first-order valence-electron chi connectivity index (χ1n) is 7.21. The topological polar surface area (TPSA) is 28.2 Å². The number of pyridine rings is 1. The van der Waals surface area contributed by atoms with Crippen molar-refractivity contribution in [2.45, 2.75) is 20.4 Å². The molecule has 0 aliphatic heterocycles. The molecule has 0 amide bonds. The van der Waals surface area contributed by atoms with Gasteiger partial charge >= 0.3 is 0 Å². The number of hydrogen-bond donors (Lipinski definition) is 1. The molecule has 0 aliphatic carbocycles. The van der Waals surface area contributed by atoms with Gasteiger partial charge in [0.2, 0.25) is 0 Å². The first kappa shape index (κ1) is 14.5. The van der Waals surface area contributed by atoms with E-state index in [1.54, 1.807) is 6.20 Å². The molecule has 0 saturated carbocycles. The summed E-state index contributed by atoms with van der Waals surface area (Å²) in [6, 6.07) is 12.7. The average Bonchev–Trinajstić information content (AvgIpc) is 2.48. The molecule has 1 aromatic heterocycles. The van der Waals surface area contributed by atoms with Gasteiger partial charge in [0.15, 0.2) is 0 Å². The van der Waals surface area contributed by atoms with Crippen LogP contribution in [0.3, 0.4) is 0 Å². The van der Waals surface area contributed by atoms with Crippen molar-refractivity contribution in [2.24, 2.45) is 0 Å². The van der Waals surface area contributed by atoms with E-state index in [9.17, 15) is 0 Å². The van der Waals surface area contributed by atoms with Gasteiger partial charge in [-0.3, -0.25) is 4.98 Å². The molecule has 0 unspecified atom stereocenters. The second-order valence-electron chi connectivity index (χ2n) is 4.96. The Morgan fingerprint density at radius 1 is 1.20 bits per heavy atom. The predicted octanol–water partition coefficient (Wildman–Crippen LogP) is 3.01. The number of benzene rings is 1. The summed E-state index contributed by atoms with van der Waals surface area (Å²) in [4.78, 5) is 6.51. The molecule has 0 bridgehead atoms. The summed E-state index contributed by atoms with van der Waals surface area (Å²) in [6.07, 6.45) is 3.71. The van der Waals surface area contributed by atoms with Crippen LogP contribution in [0.4, 0.5) is 5.69 Å². The van der Waals surface area contributed by atoms with Crippen LogP contribution < -0.4 is 10.2 Å². The normalized spacial score (nSPS) is 10.5. The van der Waals surface area contributed by atoms with Crippen LogP contribution in [0.5, 0.6) is 0 Å². The minimum atomic E-state index is 0.874. The van der Waals surface area contributed by atoms with Gasteiger partial charge in [0.05, 0.1) is 0 Å². The Bertz CT molecular complexity index is 511. The lowest BCUT2D eigenvalue weighted by atomic mass is 10.2. The molecule has 3 heteroatoms. The van der Waals surface area contributed by atoms with Gasteiger partial charge in [-0.15, -0.1) is 0 Å². The molecule has 0 fully saturated rings. The molecule has 0 aliphatic rings. The molecule has 106 valence electrons. The number of likely N-dealkylation sites (N-methyl/N-ethyl adjacent to an activating group) is 1. The molecule has 2 rings (SSSR count). The van der Waals surface area contributed by atoms with E-state index in [4.69, 9.17) is 0 Å². The van der Waals surface area contributed by atoms with E-state index >= 15 is 0 Å². The number of nitrogens with one attached hydrogen (secondary N) is 1. The Hall–Kier alpha value is -1.87. The molecule has 2 aromatic rings. The summed E-state index contributed by atoms with van der Waals surface area (Å²) in [5.41, 5.74) is 3.84. The van der Waals surface area contributed by atoms with Crippen molar-refractivity contribution < 1.29 is 0 Å². The first-order valence-corrected chi connectivity index (χ1v) is 7.21. The largest absolute Gasteiger partial charge is 0.371 e. The Kier molecular flexibility index (Phi) is 5.56. The second-order valence-corrected chi connectivity index (χ2v) is 4.96. The molecule has 0 atom stereocenters. The van der Waals surface area contributed by atoms with Crippen molar-refractivity contribution >= 4 is 5.69 Å². The van der Waals surface area contributed by atoms with E-state index in [0.717, 1.165) is 26.2 Å². The highest BCUT2D eigenvalue weighted by Crippen LogP contribution is 2.14. The summed E-state index contributed by atoms with van der Waals surface area (Å²) in [7, 11) is 0. The molecule has 0 saturated heterocycles. The maximum Gasteiger partial charge on any atom is 0.0369 e. The summed E-state index contributed by atoms with van der Waals surface area (Å²) < 4.78 is 0. The number of nitrogens with zero attached hydrogens (tertiary/aromatic N) is 2. The van der Waals surface area contributed by atoms with Gasteiger partial charge in [-0.2, -0.15) is 0 Å². The zero-order chi connectivity index (χ0) is 14.2. The molecule has 1 N–H and O–H groups in total. The minimum absolute atomic E-state index is 0.874. The quantitative estimate of drug-likeness (QED) is 0.783. The van der Waals surface area contributed by atoms with Crippen molar-refractivity contribution in [3.8, 4) is 0 Å². The fraction of sp³-hybridized carbons (Fsp3) is 0.353. The third-order valence-corrected chi connectivity index (χ3v) is 3.36. The summed E-state index contributed by atoms with van der Waals surface area (Å²) in [5.74, 6) is 0. The van der Waals surface area contributed by atoms with Crippen LogP contribution >= 0.6 is 0 Å². The van der Waals surface area contributed by atoms with Gasteiger partial charge in [-0.25, -0.2) is 0 Å². The maximum atomic E-state index is 4.12. The molecular formula is C17H23N3. The third-order valence-electron chi connectivity index (χ3n) is 3.36. The number of aryl methyl sites for hydroxylation is 1. The van der Waals surface area contributed by atoms with Crippen molar-refractivity contribution in [3.05, 3.63) is 59.9 Å². The zero-order valence-electron chi connectivity index (χ0n) is 12.3. The van der Waals surface area contributed by atoms with Crippen LogP contribution in [0.25, 0.3) is 0 Å². The molecule has 20 heavy (non-hydrogen) atoms. The van der Waals surface area contributed by atoms with Gasteiger partial charge in [-0.1, -0.05) is 18.2 Å². The van der Waals surface area contributed by atoms with Crippen molar-refractivity contribution in [2.75, 3.05) is 24.5 Å². The van der Waals surface area contributed by atoms with E-state index in [0.29, 0.717) is 0 Å². The maximum absolute atomic E-state index is 4.12. The Labute approximate surface area is 121 Å². The first-order chi connectivity index (χ1) is 9.79.